The maximum Gasteiger partial charge on any atom is 0.244 e. The van der Waals surface area contributed by atoms with Crippen molar-refractivity contribution >= 4 is 0 Å². The van der Waals surface area contributed by atoms with E-state index in [1.807, 2.05) is 6.92 Å². The fourth-order valence-corrected chi connectivity index (χ4v) is 1.49. The van der Waals surface area contributed by atoms with Gasteiger partial charge in [-0.25, -0.2) is 9.13 Å². The average Bonchev–Trinajstić information content (AvgIpc) is 2.41. The number of aliphatic hydroxyl groups is 1. The van der Waals surface area contributed by atoms with Gasteiger partial charge in [-0.1, -0.05) is 0 Å². The summed E-state index contributed by atoms with van der Waals surface area (Å²) >= 11 is 0. The van der Waals surface area contributed by atoms with E-state index in [-0.39, 0.29) is 6.61 Å². The number of aromatic nitrogens is 2. The van der Waals surface area contributed by atoms with E-state index in [4.69, 9.17) is 5.11 Å². The molecule has 0 atom stereocenters. The van der Waals surface area contributed by atoms with Gasteiger partial charge in [0.05, 0.1) is 13.1 Å². The molecular formula is C9H17N2O+. The van der Waals surface area contributed by atoms with Gasteiger partial charge in [0.2, 0.25) is 6.33 Å². The van der Waals surface area contributed by atoms with Crippen LogP contribution in [0.2, 0.25) is 0 Å². The number of aliphatic hydroxyl groups excluding tert-OH is 1. The summed E-state index contributed by atoms with van der Waals surface area (Å²) in [5.41, 5.74) is 2.20. The molecule has 0 bridgehead atoms. The van der Waals surface area contributed by atoms with Gasteiger partial charge in [0.15, 0.2) is 5.69 Å². The maximum atomic E-state index is 9.11. The zero-order valence-electron chi connectivity index (χ0n) is 8.04. The Balaban J connectivity index is 3.13. The molecule has 0 saturated heterocycles. The van der Waals surface area contributed by atoms with Crippen LogP contribution in [-0.4, -0.2) is 9.67 Å². The van der Waals surface area contributed by atoms with Crippen LogP contribution in [0, 0.1) is 6.92 Å². The minimum Gasteiger partial charge on any atom is -0.388 e. The fourth-order valence-electron chi connectivity index (χ4n) is 1.49. The van der Waals surface area contributed by atoms with Crippen LogP contribution in [0.5, 0.6) is 0 Å². The number of imidazole rings is 1. The van der Waals surface area contributed by atoms with Crippen molar-refractivity contribution in [3.8, 4) is 0 Å². The zero-order valence-corrected chi connectivity index (χ0v) is 8.04. The third-order valence-electron chi connectivity index (χ3n) is 2.31. The summed E-state index contributed by atoms with van der Waals surface area (Å²) in [6, 6.07) is 0. The molecule has 0 saturated carbocycles. The average molecular weight is 169 g/mol. The van der Waals surface area contributed by atoms with E-state index < -0.39 is 0 Å². The van der Waals surface area contributed by atoms with Crippen LogP contribution >= 0.6 is 0 Å². The Labute approximate surface area is 73.3 Å². The summed E-state index contributed by atoms with van der Waals surface area (Å²) in [4.78, 5) is 0. The van der Waals surface area contributed by atoms with E-state index in [1.165, 1.54) is 5.69 Å². The molecule has 3 nitrogen and oxygen atoms in total. The van der Waals surface area contributed by atoms with Gasteiger partial charge in [0.1, 0.15) is 12.3 Å². The Morgan fingerprint density at radius 1 is 1.50 bits per heavy atom. The molecule has 1 rings (SSSR count). The van der Waals surface area contributed by atoms with Crippen molar-refractivity contribution < 1.29 is 9.67 Å². The second kappa shape index (κ2) is 3.72. The SMILES string of the molecule is CCn1c[n+](CC)c(C)c1CO. The third kappa shape index (κ3) is 1.37. The summed E-state index contributed by atoms with van der Waals surface area (Å²) in [6.45, 7) is 8.25. The van der Waals surface area contributed by atoms with Crippen LogP contribution in [0.4, 0.5) is 0 Å². The van der Waals surface area contributed by atoms with Crippen LogP contribution in [-0.2, 0) is 19.7 Å². The number of nitrogens with zero attached hydrogens (tertiary/aromatic N) is 2. The zero-order chi connectivity index (χ0) is 9.14. The maximum absolute atomic E-state index is 9.11. The number of hydrogen-bond donors (Lipinski definition) is 1. The molecule has 0 aliphatic rings. The lowest BCUT2D eigenvalue weighted by atomic mass is 10.3. The molecule has 0 spiro atoms. The Hall–Kier alpha value is -0.830. The van der Waals surface area contributed by atoms with Crippen molar-refractivity contribution in [2.75, 3.05) is 0 Å². The highest BCUT2D eigenvalue weighted by molar-refractivity contribution is 5.04. The molecule has 1 heterocycles. The van der Waals surface area contributed by atoms with Crippen molar-refractivity contribution in [3.05, 3.63) is 17.7 Å². The molecule has 0 amide bonds. The number of hydrogen-bond acceptors (Lipinski definition) is 1. The lowest BCUT2D eigenvalue weighted by molar-refractivity contribution is -0.699. The molecule has 0 aliphatic heterocycles. The summed E-state index contributed by atoms with van der Waals surface area (Å²) < 4.78 is 4.23. The third-order valence-corrected chi connectivity index (χ3v) is 2.31. The Kier molecular flexibility index (Phi) is 2.87. The van der Waals surface area contributed by atoms with E-state index in [0.717, 1.165) is 18.8 Å². The standard InChI is InChI=1S/C9H17N2O/c1-4-10-7-11(5-2)9(6-12)8(10)3/h7,12H,4-6H2,1-3H3/q+1. The first-order chi connectivity index (χ1) is 5.74. The fraction of sp³-hybridized carbons (Fsp3) is 0.667. The quantitative estimate of drug-likeness (QED) is 0.660. The second-order valence-corrected chi connectivity index (χ2v) is 2.88. The van der Waals surface area contributed by atoms with Gasteiger partial charge < -0.3 is 5.11 Å². The topological polar surface area (TPSA) is 29.0 Å². The lowest BCUT2D eigenvalue weighted by Gasteiger charge is -1.93. The van der Waals surface area contributed by atoms with E-state index in [0.29, 0.717) is 0 Å². The van der Waals surface area contributed by atoms with E-state index in [1.54, 1.807) is 0 Å². The summed E-state index contributed by atoms with van der Waals surface area (Å²) in [7, 11) is 0. The predicted octanol–water partition coefficient (Wildman–Crippen LogP) is 0.616. The van der Waals surface area contributed by atoms with E-state index in [2.05, 4.69) is 29.3 Å². The minimum absolute atomic E-state index is 0.132. The van der Waals surface area contributed by atoms with Crippen LogP contribution < -0.4 is 4.57 Å². The van der Waals surface area contributed by atoms with Crippen molar-refractivity contribution in [1.29, 1.82) is 0 Å². The molecule has 1 aromatic heterocycles. The Morgan fingerprint density at radius 2 is 2.17 bits per heavy atom. The van der Waals surface area contributed by atoms with Gasteiger partial charge in [-0.05, 0) is 13.8 Å². The molecule has 0 fully saturated rings. The van der Waals surface area contributed by atoms with Crippen molar-refractivity contribution in [1.82, 2.24) is 4.57 Å². The van der Waals surface area contributed by atoms with Gasteiger partial charge in [0.25, 0.3) is 0 Å². The predicted molar refractivity (Wildman–Crippen MR) is 46.6 cm³/mol. The van der Waals surface area contributed by atoms with Gasteiger partial charge >= 0.3 is 0 Å². The first-order valence-corrected chi connectivity index (χ1v) is 4.43. The molecule has 1 aromatic rings. The molecule has 0 radical (unpaired) electrons. The molecular weight excluding hydrogens is 152 g/mol. The molecule has 3 heteroatoms. The van der Waals surface area contributed by atoms with Gasteiger partial charge in [-0.2, -0.15) is 0 Å². The first-order valence-electron chi connectivity index (χ1n) is 4.43. The van der Waals surface area contributed by atoms with Gasteiger partial charge in [0, 0.05) is 6.92 Å². The molecule has 0 unspecified atom stereocenters. The van der Waals surface area contributed by atoms with Gasteiger partial charge in [-0.3, -0.25) is 0 Å². The summed E-state index contributed by atoms with van der Waals surface area (Å²) in [5.74, 6) is 0. The highest BCUT2D eigenvalue weighted by Crippen LogP contribution is 2.04. The van der Waals surface area contributed by atoms with Crippen molar-refractivity contribution in [2.45, 2.75) is 40.5 Å². The molecule has 0 aliphatic carbocycles. The van der Waals surface area contributed by atoms with Crippen molar-refractivity contribution in [3.63, 3.8) is 0 Å². The largest absolute Gasteiger partial charge is 0.388 e. The first kappa shape index (κ1) is 9.26. The summed E-state index contributed by atoms with van der Waals surface area (Å²) in [5, 5.41) is 9.11. The molecule has 12 heavy (non-hydrogen) atoms. The normalized spacial score (nSPS) is 10.7. The van der Waals surface area contributed by atoms with Crippen molar-refractivity contribution in [2.24, 2.45) is 0 Å². The molecule has 0 aromatic carbocycles. The summed E-state index contributed by atoms with van der Waals surface area (Å²) in [6.07, 6.45) is 2.06. The van der Waals surface area contributed by atoms with E-state index in [9.17, 15) is 0 Å². The monoisotopic (exact) mass is 169 g/mol. The van der Waals surface area contributed by atoms with Crippen LogP contribution in [0.25, 0.3) is 0 Å². The number of rotatable bonds is 3. The molecule has 68 valence electrons. The smallest absolute Gasteiger partial charge is 0.244 e. The molecule has 1 N–H and O–H groups in total. The lowest BCUT2D eigenvalue weighted by Crippen LogP contribution is -2.33. The van der Waals surface area contributed by atoms with E-state index >= 15 is 0 Å². The minimum atomic E-state index is 0.132. The van der Waals surface area contributed by atoms with Crippen LogP contribution in [0.3, 0.4) is 0 Å². The second-order valence-electron chi connectivity index (χ2n) is 2.88. The number of aryl methyl sites for hydroxylation is 2. The highest BCUT2D eigenvalue weighted by Gasteiger charge is 2.15. The van der Waals surface area contributed by atoms with Crippen LogP contribution in [0.1, 0.15) is 25.2 Å². The highest BCUT2D eigenvalue weighted by atomic mass is 16.3. The van der Waals surface area contributed by atoms with Crippen LogP contribution in [0.15, 0.2) is 6.33 Å². The Bertz CT molecular complexity index is 266. The Morgan fingerprint density at radius 3 is 2.50 bits per heavy atom. The van der Waals surface area contributed by atoms with Gasteiger partial charge in [-0.15, -0.1) is 0 Å².